The zero-order valence-electron chi connectivity index (χ0n) is 12.8. The second kappa shape index (κ2) is 6.93. The maximum atomic E-state index is 12.3. The third-order valence-electron chi connectivity index (χ3n) is 3.63. The molecule has 0 aliphatic rings. The van der Waals surface area contributed by atoms with Gasteiger partial charge in [-0.1, -0.05) is 43.3 Å². The third kappa shape index (κ3) is 3.85. The number of nitrogens with one attached hydrogen (secondary N) is 2. The van der Waals surface area contributed by atoms with Crippen molar-refractivity contribution in [2.45, 2.75) is 19.8 Å². The van der Waals surface area contributed by atoms with Crippen molar-refractivity contribution >= 4 is 11.6 Å². The average molecular weight is 282 g/mol. The Labute approximate surface area is 126 Å². The fourth-order valence-electron chi connectivity index (χ4n) is 2.30. The molecule has 0 radical (unpaired) electrons. The van der Waals surface area contributed by atoms with Crippen LogP contribution in [-0.2, 0) is 0 Å². The fraction of sp³-hybridized carbons (Fsp3) is 0.278. The van der Waals surface area contributed by atoms with Gasteiger partial charge in [0.1, 0.15) is 0 Å². The van der Waals surface area contributed by atoms with Gasteiger partial charge in [-0.05, 0) is 36.1 Å². The Balaban J connectivity index is 2.02. The Kier molecular flexibility index (Phi) is 4.99. The Morgan fingerprint density at radius 1 is 1.14 bits per heavy atom. The SMILES string of the molecule is CNc1cc(C)ccc1C(=O)NCC(C)c1ccccc1. The number of benzene rings is 2. The van der Waals surface area contributed by atoms with E-state index in [1.807, 2.05) is 50.4 Å². The maximum Gasteiger partial charge on any atom is 0.253 e. The molecule has 0 bridgehead atoms. The van der Waals surface area contributed by atoms with Gasteiger partial charge in [0.15, 0.2) is 0 Å². The molecule has 0 saturated heterocycles. The highest BCUT2D eigenvalue weighted by Gasteiger charge is 2.12. The van der Waals surface area contributed by atoms with Crippen LogP contribution < -0.4 is 10.6 Å². The molecule has 21 heavy (non-hydrogen) atoms. The van der Waals surface area contributed by atoms with Crippen molar-refractivity contribution in [3.05, 3.63) is 65.2 Å². The number of carbonyl (C=O) groups excluding carboxylic acids is 1. The summed E-state index contributed by atoms with van der Waals surface area (Å²) in [4.78, 5) is 12.3. The molecule has 2 aromatic carbocycles. The Bertz CT molecular complexity index is 608. The maximum absolute atomic E-state index is 12.3. The number of aryl methyl sites for hydroxylation is 1. The Morgan fingerprint density at radius 3 is 2.52 bits per heavy atom. The van der Waals surface area contributed by atoms with E-state index in [1.165, 1.54) is 5.56 Å². The molecule has 0 aromatic heterocycles. The number of carbonyl (C=O) groups is 1. The van der Waals surface area contributed by atoms with E-state index < -0.39 is 0 Å². The first-order valence-corrected chi connectivity index (χ1v) is 7.23. The molecule has 0 heterocycles. The van der Waals surface area contributed by atoms with Crippen LogP contribution in [0.5, 0.6) is 0 Å². The summed E-state index contributed by atoms with van der Waals surface area (Å²) in [5.74, 6) is 0.251. The standard InChI is InChI=1S/C18H22N2O/c1-13-9-10-16(17(11-13)19-3)18(21)20-12-14(2)15-7-5-4-6-8-15/h4-11,14,19H,12H2,1-3H3,(H,20,21). The topological polar surface area (TPSA) is 41.1 Å². The number of rotatable bonds is 5. The molecule has 0 fully saturated rings. The van der Waals surface area contributed by atoms with Crippen molar-refractivity contribution in [1.82, 2.24) is 5.32 Å². The van der Waals surface area contributed by atoms with Gasteiger partial charge in [0, 0.05) is 19.3 Å². The van der Waals surface area contributed by atoms with Gasteiger partial charge in [-0.2, -0.15) is 0 Å². The van der Waals surface area contributed by atoms with Crippen molar-refractivity contribution < 1.29 is 4.79 Å². The van der Waals surface area contributed by atoms with Crippen LogP contribution in [0.3, 0.4) is 0 Å². The summed E-state index contributed by atoms with van der Waals surface area (Å²) in [7, 11) is 1.83. The molecule has 0 aliphatic carbocycles. The number of hydrogen-bond acceptors (Lipinski definition) is 2. The van der Waals surface area contributed by atoms with E-state index in [-0.39, 0.29) is 5.91 Å². The van der Waals surface area contributed by atoms with E-state index >= 15 is 0 Å². The summed E-state index contributed by atoms with van der Waals surface area (Å²) in [5, 5.41) is 6.09. The lowest BCUT2D eigenvalue weighted by Gasteiger charge is -2.15. The van der Waals surface area contributed by atoms with Crippen molar-refractivity contribution in [1.29, 1.82) is 0 Å². The van der Waals surface area contributed by atoms with Gasteiger partial charge >= 0.3 is 0 Å². The lowest BCUT2D eigenvalue weighted by molar-refractivity contribution is 0.0952. The molecule has 1 atom stereocenters. The molecular formula is C18H22N2O. The van der Waals surface area contributed by atoms with E-state index in [4.69, 9.17) is 0 Å². The minimum absolute atomic E-state index is 0.0397. The first-order chi connectivity index (χ1) is 10.1. The Hall–Kier alpha value is -2.29. The van der Waals surface area contributed by atoms with Crippen LogP contribution in [0.1, 0.15) is 34.3 Å². The van der Waals surface area contributed by atoms with E-state index in [0.29, 0.717) is 18.0 Å². The van der Waals surface area contributed by atoms with Gasteiger partial charge in [0.2, 0.25) is 0 Å². The molecule has 110 valence electrons. The van der Waals surface area contributed by atoms with E-state index in [2.05, 4.69) is 29.7 Å². The average Bonchev–Trinajstić information content (AvgIpc) is 2.52. The summed E-state index contributed by atoms with van der Waals surface area (Å²) in [6.45, 7) is 4.75. The van der Waals surface area contributed by atoms with Gasteiger partial charge in [0.05, 0.1) is 5.56 Å². The predicted molar refractivity (Wildman–Crippen MR) is 87.9 cm³/mol. The van der Waals surface area contributed by atoms with Crippen LogP contribution in [0.15, 0.2) is 48.5 Å². The number of anilines is 1. The Morgan fingerprint density at radius 2 is 1.86 bits per heavy atom. The summed E-state index contributed by atoms with van der Waals surface area (Å²) in [5.41, 5.74) is 3.91. The highest BCUT2D eigenvalue weighted by Crippen LogP contribution is 2.18. The van der Waals surface area contributed by atoms with Gasteiger partial charge in [-0.15, -0.1) is 0 Å². The van der Waals surface area contributed by atoms with Crippen LogP contribution in [0.4, 0.5) is 5.69 Å². The van der Waals surface area contributed by atoms with Gasteiger partial charge in [-0.25, -0.2) is 0 Å². The molecule has 2 N–H and O–H groups in total. The normalized spacial score (nSPS) is 11.8. The first kappa shape index (κ1) is 15.1. The fourth-order valence-corrected chi connectivity index (χ4v) is 2.30. The third-order valence-corrected chi connectivity index (χ3v) is 3.63. The molecule has 1 unspecified atom stereocenters. The summed E-state index contributed by atoms with van der Waals surface area (Å²) >= 11 is 0. The van der Waals surface area contributed by atoms with Gasteiger partial charge in [0.25, 0.3) is 5.91 Å². The van der Waals surface area contributed by atoms with Crippen molar-refractivity contribution in [2.24, 2.45) is 0 Å². The van der Waals surface area contributed by atoms with Crippen molar-refractivity contribution in [3.63, 3.8) is 0 Å². The lowest BCUT2D eigenvalue weighted by atomic mass is 10.0. The molecule has 2 rings (SSSR count). The molecule has 3 heteroatoms. The van der Waals surface area contributed by atoms with Crippen molar-refractivity contribution in [2.75, 3.05) is 18.9 Å². The largest absolute Gasteiger partial charge is 0.387 e. The first-order valence-electron chi connectivity index (χ1n) is 7.23. The molecular weight excluding hydrogens is 260 g/mol. The molecule has 0 aliphatic heterocycles. The van der Waals surface area contributed by atoms with Crippen LogP contribution in [0, 0.1) is 6.92 Å². The minimum Gasteiger partial charge on any atom is -0.387 e. The van der Waals surface area contributed by atoms with Gasteiger partial charge < -0.3 is 10.6 Å². The zero-order valence-corrected chi connectivity index (χ0v) is 12.8. The lowest BCUT2D eigenvalue weighted by Crippen LogP contribution is -2.28. The molecule has 3 nitrogen and oxygen atoms in total. The molecule has 0 saturated carbocycles. The summed E-state index contributed by atoms with van der Waals surface area (Å²) in [6, 6.07) is 16.0. The van der Waals surface area contributed by atoms with Crippen LogP contribution >= 0.6 is 0 Å². The van der Waals surface area contributed by atoms with E-state index in [1.54, 1.807) is 0 Å². The predicted octanol–water partition coefficient (Wildman–Crippen LogP) is 3.57. The summed E-state index contributed by atoms with van der Waals surface area (Å²) < 4.78 is 0. The molecule has 0 spiro atoms. The smallest absolute Gasteiger partial charge is 0.253 e. The van der Waals surface area contributed by atoms with Gasteiger partial charge in [-0.3, -0.25) is 4.79 Å². The second-order valence-electron chi connectivity index (χ2n) is 5.32. The summed E-state index contributed by atoms with van der Waals surface area (Å²) in [6.07, 6.45) is 0. The number of amides is 1. The number of hydrogen-bond donors (Lipinski definition) is 2. The van der Waals surface area contributed by atoms with Crippen molar-refractivity contribution in [3.8, 4) is 0 Å². The quantitative estimate of drug-likeness (QED) is 0.880. The van der Waals surface area contributed by atoms with Crippen LogP contribution in [0.25, 0.3) is 0 Å². The zero-order chi connectivity index (χ0) is 15.2. The van der Waals surface area contributed by atoms with Crippen LogP contribution in [-0.4, -0.2) is 19.5 Å². The highest BCUT2D eigenvalue weighted by molar-refractivity contribution is 5.99. The van der Waals surface area contributed by atoms with Crippen LogP contribution in [0.2, 0.25) is 0 Å². The van der Waals surface area contributed by atoms with E-state index in [9.17, 15) is 4.79 Å². The molecule has 2 aromatic rings. The monoisotopic (exact) mass is 282 g/mol. The second-order valence-corrected chi connectivity index (χ2v) is 5.32. The van der Waals surface area contributed by atoms with E-state index in [0.717, 1.165) is 11.3 Å². The minimum atomic E-state index is -0.0397. The molecule has 1 amide bonds. The highest BCUT2D eigenvalue weighted by atomic mass is 16.1.